The van der Waals surface area contributed by atoms with Crippen LogP contribution in [0.5, 0.6) is 5.75 Å². The van der Waals surface area contributed by atoms with Crippen LogP contribution in [0.1, 0.15) is 100 Å². The lowest BCUT2D eigenvalue weighted by Gasteiger charge is -2.48. The van der Waals surface area contributed by atoms with Crippen LogP contribution in [-0.4, -0.2) is 149 Å². The van der Waals surface area contributed by atoms with Crippen LogP contribution in [0.3, 0.4) is 0 Å². The summed E-state index contributed by atoms with van der Waals surface area (Å²) < 4.78 is 45.0. The fourth-order valence-electron chi connectivity index (χ4n) is 9.42. The molecule has 18 atom stereocenters. The van der Waals surface area contributed by atoms with Gasteiger partial charge in [-0.25, -0.2) is 0 Å². The summed E-state index contributed by atoms with van der Waals surface area (Å²) >= 11 is 0. The van der Waals surface area contributed by atoms with E-state index >= 15 is 0 Å². The second kappa shape index (κ2) is 20.2. The van der Waals surface area contributed by atoms with Crippen molar-refractivity contribution in [2.75, 3.05) is 27.7 Å². The van der Waals surface area contributed by atoms with Gasteiger partial charge in [0.15, 0.2) is 18.7 Å². The van der Waals surface area contributed by atoms with E-state index in [0.29, 0.717) is 24.3 Å². The zero-order valence-corrected chi connectivity index (χ0v) is 37.5. The van der Waals surface area contributed by atoms with Gasteiger partial charge in [0, 0.05) is 32.0 Å². The highest BCUT2D eigenvalue weighted by Gasteiger charge is 2.53. The Morgan fingerprint density at radius 3 is 2.19 bits per heavy atom. The number of benzene rings is 1. The fourth-order valence-corrected chi connectivity index (χ4v) is 9.42. The Morgan fingerprint density at radius 1 is 0.966 bits per heavy atom. The summed E-state index contributed by atoms with van der Waals surface area (Å²) in [7, 11) is 5.19. The molecule has 15 nitrogen and oxygen atoms in total. The summed E-state index contributed by atoms with van der Waals surface area (Å²) in [6, 6.07) is 8.11. The van der Waals surface area contributed by atoms with E-state index in [0.717, 1.165) is 0 Å². The molecule has 0 aliphatic carbocycles. The molecule has 15 heteroatoms. The number of nitrogens with zero attached hydrogens (tertiary/aromatic N) is 2. The normalized spacial score (nSPS) is 44.7. The first kappa shape index (κ1) is 49.2. The Morgan fingerprint density at radius 2 is 1.61 bits per heavy atom. The molecule has 3 saturated heterocycles. The van der Waals surface area contributed by atoms with Crippen molar-refractivity contribution in [2.24, 2.45) is 17.8 Å². The summed E-state index contributed by atoms with van der Waals surface area (Å²) in [6.45, 7) is 18.1. The van der Waals surface area contributed by atoms with Gasteiger partial charge in [0.2, 0.25) is 0 Å². The fraction of sp³-hybridized carbons (Fsp3) is 0.818. The number of cyclic esters (lactones) is 1. The minimum absolute atomic E-state index is 0.120. The van der Waals surface area contributed by atoms with Gasteiger partial charge >= 0.3 is 5.97 Å². The van der Waals surface area contributed by atoms with Crippen molar-refractivity contribution >= 4 is 5.97 Å². The van der Waals surface area contributed by atoms with Gasteiger partial charge in [-0.3, -0.25) is 4.79 Å². The van der Waals surface area contributed by atoms with Gasteiger partial charge in [-0.1, -0.05) is 20.8 Å². The third-order valence-corrected chi connectivity index (χ3v) is 13.2. The standard InChI is InChI=1S/C44H73N3O12/c1-14-33-44(10,52)37(48)28(6)47(12)23-24(2)20-42(8,51)39(59-41-36(32(46-11)19-25(3)54-41)56-31-17-15-30(22-45)16-18-31)26(4)35(27(5)40(50)57-33)58-34-21-43(9,53-13)38(49)29(7)55-34/h15-18,24-29,32-39,41,46,48-49,51-52H,14,19-21,23H2,1-13H3/t24-,25-,26+,27-,28-,29+,32+,33-,34+,35+,36-,37-,38+,39-,41+,42-,43-,44-/m1/s1. The van der Waals surface area contributed by atoms with E-state index in [9.17, 15) is 30.5 Å². The predicted octanol–water partition coefficient (Wildman–Crippen LogP) is 3.52. The number of rotatable bonds is 9. The minimum Gasteiger partial charge on any atom is -0.483 e. The molecule has 0 radical (unpaired) electrons. The van der Waals surface area contributed by atoms with Crippen LogP contribution >= 0.6 is 0 Å². The molecule has 3 fully saturated rings. The molecule has 3 aliphatic heterocycles. The minimum atomic E-state index is -1.82. The number of carbonyl (C=O) groups excluding carboxylic acids is 1. The van der Waals surface area contributed by atoms with Gasteiger partial charge in [-0.15, -0.1) is 0 Å². The molecular weight excluding hydrogens is 762 g/mol. The molecular formula is C44H73N3O12. The molecule has 4 rings (SSSR count). The summed E-state index contributed by atoms with van der Waals surface area (Å²) in [5.41, 5.74) is -3.96. The van der Waals surface area contributed by atoms with Gasteiger partial charge < -0.3 is 63.8 Å². The van der Waals surface area contributed by atoms with Crippen LogP contribution in [0.2, 0.25) is 0 Å². The Kier molecular flexibility index (Phi) is 16.8. The summed E-state index contributed by atoms with van der Waals surface area (Å²) in [6.07, 6.45) is -7.94. The number of aliphatic hydroxyl groups excluding tert-OH is 2. The molecule has 0 aromatic heterocycles. The maximum Gasteiger partial charge on any atom is 0.311 e. The Bertz CT molecular complexity index is 1540. The molecule has 59 heavy (non-hydrogen) atoms. The molecule has 0 bridgehead atoms. The van der Waals surface area contributed by atoms with Crippen molar-refractivity contribution in [3.05, 3.63) is 29.8 Å². The Hall–Kier alpha value is -2.46. The summed E-state index contributed by atoms with van der Waals surface area (Å²) in [4.78, 5) is 16.3. The zero-order chi connectivity index (χ0) is 44.2. The number of hydrogen-bond donors (Lipinski definition) is 5. The molecule has 0 saturated carbocycles. The van der Waals surface area contributed by atoms with Crippen molar-refractivity contribution < 1.29 is 58.4 Å². The van der Waals surface area contributed by atoms with Crippen molar-refractivity contribution in [2.45, 2.75) is 185 Å². The van der Waals surface area contributed by atoms with E-state index in [1.807, 2.05) is 39.8 Å². The van der Waals surface area contributed by atoms with Gasteiger partial charge in [0.1, 0.15) is 29.7 Å². The van der Waals surface area contributed by atoms with Crippen LogP contribution in [0.4, 0.5) is 0 Å². The SMILES string of the molecule is CC[C@H]1OC(=O)[C@H](C)[C@@H](O[C@H]2C[C@@](C)(OC)[C@@H](O)[C@H](C)O2)[C@H](C)[C@@H](O[C@@H]2O[C@H](C)C[C@H](NC)[C@H]2Oc2ccc(C#N)cc2)[C@](C)(O)C[C@@H](C)CN(C)[C@H](C)[C@@H](O)[C@]1(C)O. The monoisotopic (exact) mass is 836 g/mol. The van der Waals surface area contributed by atoms with Gasteiger partial charge in [0.25, 0.3) is 0 Å². The highest BCUT2D eigenvalue weighted by molar-refractivity contribution is 5.73. The maximum absolute atomic E-state index is 14.4. The molecule has 0 amide bonds. The second-order valence-corrected chi connectivity index (χ2v) is 18.3. The van der Waals surface area contributed by atoms with Crippen LogP contribution < -0.4 is 10.1 Å². The largest absolute Gasteiger partial charge is 0.483 e. The Balaban J connectivity index is 1.85. The first-order valence-corrected chi connectivity index (χ1v) is 21.3. The Labute approximate surface area is 351 Å². The number of methoxy groups -OCH3 is 1. The smallest absolute Gasteiger partial charge is 0.311 e. The average molecular weight is 836 g/mol. The van der Waals surface area contributed by atoms with Gasteiger partial charge in [-0.2, -0.15) is 5.26 Å². The van der Waals surface area contributed by atoms with E-state index in [1.165, 1.54) is 14.0 Å². The number of nitrogens with one attached hydrogen (secondary N) is 1. The number of ether oxygens (including phenoxy) is 7. The summed E-state index contributed by atoms with van der Waals surface area (Å²) in [5.74, 6) is -2.15. The number of nitriles is 1. The molecule has 1 aromatic carbocycles. The average Bonchev–Trinajstić information content (AvgIpc) is 3.18. The lowest BCUT2D eigenvalue weighted by atomic mass is 9.77. The van der Waals surface area contributed by atoms with Gasteiger partial charge in [-0.05, 0) is 112 Å². The van der Waals surface area contributed by atoms with Crippen molar-refractivity contribution in [3.8, 4) is 11.8 Å². The van der Waals surface area contributed by atoms with Crippen LogP contribution in [0, 0.1) is 29.1 Å². The van der Waals surface area contributed by atoms with Gasteiger partial charge in [0.05, 0.1) is 59.2 Å². The van der Waals surface area contributed by atoms with Crippen molar-refractivity contribution in [1.82, 2.24) is 10.2 Å². The molecule has 3 aliphatic rings. The summed E-state index contributed by atoms with van der Waals surface area (Å²) in [5, 5.41) is 60.0. The number of hydrogen-bond acceptors (Lipinski definition) is 15. The van der Waals surface area contributed by atoms with Crippen LogP contribution in [0.25, 0.3) is 0 Å². The van der Waals surface area contributed by atoms with Crippen LogP contribution in [0.15, 0.2) is 24.3 Å². The molecule has 1 aromatic rings. The zero-order valence-electron chi connectivity index (χ0n) is 37.5. The highest BCUT2D eigenvalue weighted by Crippen LogP contribution is 2.40. The third kappa shape index (κ3) is 11.3. The van der Waals surface area contributed by atoms with E-state index in [4.69, 9.17) is 33.2 Å². The van der Waals surface area contributed by atoms with E-state index in [2.05, 4.69) is 11.4 Å². The molecule has 0 unspecified atom stereocenters. The second-order valence-electron chi connectivity index (χ2n) is 18.3. The van der Waals surface area contributed by atoms with E-state index in [-0.39, 0.29) is 37.3 Å². The predicted molar refractivity (Wildman–Crippen MR) is 219 cm³/mol. The number of esters is 1. The quantitative estimate of drug-likeness (QED) is 0.226. The first-order valence-electron chi connectivity index (χ1n) is 21.3. The highest BCUT2D eigenvalue weighted by atomic mass is 16.7. The van der Waals surface area contributed by atoms with E-state index in [1.54, 1.807) is 65.8 Å². The lowest BCUT2D eigenvalue weighted by molar-refractivity contribution is -0.314. The first-order chi connectivity index (χ1) is 27.5. The molecule has 0 spiro atoms. The molecule has 3 heterocycles. The topological polar surface area (TPSA) is 202 Å². The maximum atomic E-state index is 14.4. The third-order valence-electron chi connectivity index (χ3n) is 13.2. The molecule has 336 valence electrons. The van der Waals surface area contributed by atoms with Crippen molar-refractivity contribution in [3.63, 3.8) is 0 Å². The lowest BCUT2D eigenvalue weighted by Crippen LogP contribution is -2.61. The number of carbonyl (C=O) groups is 1. The number of likely N-dealkylation sites (N-methyl/N-ethyl adjacent to an activating group) is 2. The number of aliphatic hydroxyl groups is 4. The van der Waals surface area contributed by atoms with Crippen molar-refractivity contribution in [1.29, 1.82) is 5.26 Å². The molecule has 5 N–H and O–H groups in total. The van der Waals surface area contributed by atoms with E-state index < -0.39 is 96.0 Å². The van der Waals surface area contributed by atoms with Crippen LogP contribution in [-0.2, 0) is 33.2 Å².